The third-order valence-corrected chi connectivity index (χ3v) is 4.43. The van der Waals surface area contributed by atoms with E-state index in [0.717, 1.165) is 0 Å². The van der Waals surface area contributed by atoms with Crippen molar-refractivity contribution < 1.29 is 23.6 Å². The SMILES string of the molecule is O=C(CNc1cc([N+](=O)[O-])ccc1Nc1ccc(F)cc1)Nc1ccc2c(c1)OCO2. The van der Waals surface area contributed by atoms with Crippen LogP contribution in [0.1, 0.15) is 0 Å². The summed E-state index contributed by atoms with van der Waals surface area (Å²) in [6.45, 7) is -0.0153. The van der Waals surface area contributed by atoms with Crippen LogP contribution in [0.3, 0.4) is 0 Å². The van der Waals surface area contributed by atoms with Gasteiger partial charge in [-0.2, -0.15) is 0 Å². The van der Waals surface area contributed by atoms with Crippen molar-refractivity contribution in [2.24, 2.45) is 0 Å². The van der Waals surface area contributed by atoms with E-state index >= 15 is 0 Å². The zero-order valence-corrected chi connectivity index (χ0v) is 16.1. The van der Waals surface area contributed by atoms with Crippen molar-refractivity contribution in [2.75, 3.05) is 29.3 Å². The fourth-order valence-corrected chi connectivity index (χ4v) is 2.94. The molecule has 0 bridgehead atoms. The van der Waals surface area contributed by atoms with Crippen molar-refractivity contribution in [1.29, 1.82) is 0 Å². The second-order valence-electron chi connectivity index (χ2n) is 6.59. The number of non-ortho nitro benzene ring substituents is 1. The first-order chi connectivity index (χ1) is 15.0. The van der Waals surface area contributed by atoms with Crippen molar-refractivity contribution in [1.82, 2.24) is 0 Å². The Hall–Kier alpha value is -4.34. The van der Waals surface area contributed by atoms with Crippen molar-refractivity contribution in [3.8, 4) is 11.5 Å². The largest absolute Gasteiger partial charge is 0.454 e. The number of fused-ring (bicyclic) bond motifs is 1. The number of amides is 1. The maximum Gasteiger partial charge on any atom is 0.271 e. The minimum absolute atomic E-state index is 0.130. The first kappa shape index (κ1) is 20.0. The number of rotatable bonds is 7. The quantitative estimate of drug-likeness (QED) is 0.383. The number of nitrogens with zero attached hydrogens (tertiary/aromatic N) is 1. The highest BCUT2D eigenvalue weighted by Crippen LogP contribution is 2.34. The zero-order chi connectivity index (χ0) is 21.8. The minimum atomic E-state index is -0.528. The molecule has 9 nitrogen and oxygen atoms in total. The molecule has 3 aromatic carbocycles. The van der Waals surface area contributed by atoms with Crippen LogP contribution in [0, 0.1) is 15.9 Å². The highest BCUT2D eigenvalue weighted by molar-refractivity contribution is 5.94. The van der Waals surface area contributed by atoms with Gasteiger partial charge in [0.15, 0.2) is 11.5 Å². The van der Waals surface area contributed by atoms with Gasteiger partial charge in [-0.15, -0.1) is 0 Å². The van der Waals surface area contributed by atoms with E-state index in [1.807, 2.05) is 0 Å². The lowest BCUT2D eigenvalue weighted by Crippen LogP contribution is -2.22. The van der Waals surface area contributed by atoms with Crippen LogP contribution in [-0.2, 0) is 4.79 Å². The van der Waals surface area contributed by atoms with E-state index in [4.69, 9.17) is 9.47 Å². The summed E-state index contributed by atoms with van der Waals surface area (Å²) in [5.74, 6) is 0.394. The molecular weight excluding hydrogens is 407 g/mol. The highest BCUT2D eigenvalue weighted by atomic mass is 19.1. The van der Waals surface area contributed by atoms with Crippen molar-refractivity contribution in [3.63, 3.8) is 0 Å². The molecule has 0 aromatic heterocycles. The van der Waals surface area contributed by atoms with E-state index in [-0.39, 0.29) is 30.7 Å². The molecule has 0 fully saturated rings. The number of carbonyl (C=O) groups excluding carboxylic acids is 1. The van der Waals surface area contributed by atoms with E-state index in [0.29, 0.717) is 34.2 Å². The second-order valence-corrected chi connectivity index (χ2v) is 6.59. The summed E-state index contributed by atoms with van der Waals surface area (Å²) in [6.07, 6.45) is 0. The zero-order valence-electron chi connectivity index (χ0n) is 16.1. The van der Waals surface area contributed by atoms with Gasteiger partial charge in [0.2, 0.25) is 12.7 Å². The molecule has 3 N–H and O–H groups in total. The molecule has 0 saturated carbocycles. The number of carbonyl (C=O) groups is 1. The summed E-state index contributed by atoms with van der Waals surface area (Å²) >= 11 is 0. The van der Waals surface area contributed by atoms with Crippen LogP contribution in [0.5, 0.6) is 11.5 Å². The number of nitrogens with one attached hydrogen (secondary N) is 3. The van der Waals surface area contributed by atoms with Gasteiger partial charge in [0.1, 0.15) is 5.82 Å². The molecule has 0 radical (unpaired) electrons. The number of nitro benzene ring substituents is 1. The third-order valence-electron chi connectivity index (χ3n) is 4.43. The molecule has 1 amide bonds. The van der Waals surface area contributed by atoms with Crippen LogP contribution < -0.4 is 25.4 Å². The Morgan fingerprint density at radius 2 is 1.71 bits per heavy atom. The maximum absolute atomic E-state index is 13.1. The Bertz CT molecular complexity index is 1140. The summed E-state index contributed by atoms with van der Waals surface area (Å²) in [6, 6.07) is 14.8. The monoisotopic (exact) mass is 424 g/mol. The molecule has 1 heterocycles. The van der Waals surface area contributed by atoms with Crippen molar-refractivity contribution in [3.05, 3.63) is 76.6 Å². The highest BCUT2D eigenvalue weighted by Gasteiger charge is 2.15. The standard InChI is InChI=1S/C21H17FN4O5/c22-13-1-3-14(4-2-13)24-17-7-6-16(26(28)29)10-18(17)23-11-21(27)25-15-5-8-19-20(9-15)31-12-30-19/h1-10,23-24H,11-12H2,(H,25,27). The lowest BCUT2D eigenvalue weighted by molar-refractivity contribution is -0.384. The van der Waals surface area contributed by atoms with Gasteiger partial charge in [-0.25, -0.2) is 4.39 Å². The van der Waals surface area contributed by atoms with Crippen LogP contribution in [0.15, 0.2) is 60.7 Å². The Morgan fingerprint density at radius 1 is 0.968 bits per heavy atom. The molecule has 1 aliphatic rings. The van der Waals surface area contributed by atoms with E-state index in [1.165, 1.54) is 42.5 Å². The first-order valence-electron chi connectivity index (χ1n) is 9.22. The van der Waals surface area contributed by atoms with Crippen molar-refractivity contribution >= 4 is 34.3 Å². The maximum atomic E-state index is 13.1. The lowest BCUT2D eigenvalue weighted by atomic mass is 10.2. The number of halogens is 1. The predicted octanol–water partition coefficient (Wildman–Crippen LogP) is 4.26. The van der Waals surface area contributed by atoms with Crippen LogP contribution in [-0.4, -0.2) is 24.2 Å². The third kappa shape index (κ3) is 4.81. The Balaban J connectivity index is 1.46. The fraction of sp³-hybridized carbons (Fsp3) is 0.0952. The van der Waals surface area contributed by atoms with Gasteiger partial charge >= 0.3 is 0 Å². The number of nitro groups is 1. The number of benzene rings is 3. The molecule has 0 aliphatic carbocycles. The molecule has 158 valence electrons. The average Bonchev–Trinajstić information content (AvgIpc) is 3.22. The molecule has 3 aromatic rings. The summed E-state index contributed by atoms with van der Waals surface area (Å²) in [4.78, 5) is 23.0. The number of anilines is 4. The fourth-order valence-electron chi connectivity index (χ4n) is 2.94. The summed E-state index contributed by atoms with van der Waals surface area (Å²) in [5, 5.41) is 19.8. The second kappa shape index (κ2) is 8.57. The normalized spacial score (nSPS) is 11.6. The van der Waals surface area contributed by atoms with E-state index in [9.17, 15) is 19.3 Å². The van der Waals surface area contributed by atoms with Gasteiger partial charge < -0.3 is 25.4 Å². The van der Waals surface area contributed by atoms with E-state index in [1.54, 1.807) is 18.2 Å². The van der Waals surface area contributed by atoms with Crippen LogP contribution in [0.2, 0.25) is 0 Å². The van der Waals surface area contributed by atoms with Gasteiger partial charge in [-0.3, -0.25) is 14.9 Å². The van der Waals surface area contributed by atoms with Crippen LogP contribution in [0.4, 0.5) is 32.8 Å². The topological polar surface area (TPSA) is 115 Å². The first-order valence-corrected chi connectivity index (χ1v) is 9.22. The van der Waals surface area contributed by atoms with Gasteiger partial charge in [0.25, 0.3) is 5.69 Å². The van der Waals surface area contributed by atoms with E-state index in [2.05, 4.69) is 16.0 Å². The Morgan fingerprint density at radius 3 is 2.48 bits per heavy atom. The molecule has 0 saturated heterocycles. The smallest absolute Gasteiger partial charge is 0.271 e. The minimum Gasteiger partial charge on any atom is -0.454 e. The molecule has 1 aliphatic heterocycles. The molecule has 10 heteroatoms. The van der Waals surface area contributed by atoms with Gasteiger partial charge in [0.05, 0.1) is 22.8 Å². The van der Waals surface area contributed by atoms with Crippen molar-refractivity contribution in [2.45, 2.75) is 0 Å². The molecule has 4 rings (SSSR count). The molecular formula is C21H17FN4O5. The Labute approximate surface area is 175 Å². The average molecular weight is 424 g/mol. The van der Waals surface area contributed by atoms with Crippen LogP contribution >= 0.6 is 0 Å². The lowest BCUT2D eigenvalue weighted by Gasteiger charge is -2.14. The van der Waals surface area contributed by atoms with Gasteiger partial charge in [-0.05, 0) is 42.5 Å². The summed E-state index contributed by atoms with van der Waals surface area (Å²) < 4.78 is 23.6. The summed E-state index contributed by atoms with van der Waals surface area (Å²) in [5.41, 5.74) is 1.82. The summed E-state index contributed by atoms with van der Waals surface area (Å²) in [7, 11) is 0. The number of hydrogen-bond donors (Lipinski definition) is 3. The molecule has 0 unspecified atom stereocenters. The number of hydrogen-bond acceptors (Lipinski definition) is 7. The molecule has 0 spiro atoms. The van der Waals surface area contributed by atoms with Crippen LogP contribution in [0.25, 0.3) is 0 Å². The van der Waals surface area contributed by atoms with Gasteiger partial charge in [0, 0.05) is 29.6 Å². The van der Waals surface area contributed by atoms with Gasteiger partial charge in [-0.1, -0.05) is 0 Å². The Kier molecular flexibility index (Phi) is 5.52. The predicted molar refractivity (Wildman–Crippen MR) is 112 cm³/mol. The number of ether oxygens (including phenoxy) is 2. The van der Waals surface area contributed by atoms with E-state index < -0.39 is 4.92 Å². The molecule has 0 atom stereocenters. The molecule has 31 heavy (non-hydrogen) atoms.